The Balaban J connectivity index is 1.26. The van der Waals surface area contributed by atoms with Crippen molar-refractivity contribution < 1.29 is 33.8 Å². The van der Waals surface area contributed by atoms with Gasteiger partial charge in [-0.3, -0.25) is 24.1 Å². The Morgan fingerprint density at radius 1 is 1.14 bits per heavy atom. The van der Waals surface area contributed by atoms with Crippen molar-refractivity contribution in [1.29, 1.82) is 0 Å². The summed E-state index contributed by atoms with van der Waals surface area (Å²) in [5, 5.41) is 10.6. The number of halogens is 1. The minimum Gasteiger partial charge on any atom is -0.483 e. The predicted octanol–water partition coefficient (Wildman–Crippen LogP) is 3.02. The van der Waals surface area contributed by atoms with Crippen molar-refractivity contribution in [3.8, 4) is 5.75 Å². The molecule has 3 aliphatic heterocycles. The highest BCUT2D eigenvalue weighted by molar-refractivity contribution is 9.10. The van der Waals surface area contributed by atoms with Gasteiger partial charge >= 0.3 is 10.8 Å². The van der Waals surface area contributed by atoms with E-state index in [9.17, 15) is 29.1 Å². The molecule has 2 aliphatic carbocycles. The van der Waals surface area contributed by atoms with Gasteiger partial charge < -0.3 is 24.5 Å². The SMILES string of the molecule is CC(C)C(C(=O)O)N1C(=O)C2C3CC(C2C1=O)C1C3Sc2[nH]c(=O)sc2[C@@H]1c1cc(Br)ccc1OCC(=O)N1CCOCC1. The summed E-state index contributed by atoms with van der Waals surface area (Å²) < 4.78 is 12.4. The summed E-state index contributed by atoms with van der Waals surface area (Å²) in [6.07, 6.45) is 0.678. The molecule has 8 atom stereocenters. The van der Waals surface area contributed by atoms with Gasteiger partial charge in [0.15, 0.2) is 6.61 Å². The number of likely N-dealkylation sites (tertiary alicyclic amines) is 1. The molecule has 4 fully saturated rings. The number of carbonyl (C=O) groups excluding carboxylic acids is 3. The van der Waals surface area contributed by atoms with Crippen LogP contribution in [0.5, 0.6) is 5.75 Å². The number of hydrogen-bond donors (Lipinski definition) is 2. The van der Waals surface area contributed by atoms with Crippen LogP contribution in [-0.4, -0.2) is 87.8 Å². The number of thiazole rings is 1. The van der Waals surface area contributed by atoms with Crippen molar-refractivity contribution in [2.24, 2.45) is 35.5 Å². The molecule has 4 heterocycles. The largest absolute Gasteiger partial charge is 0.483 e. The second-order valence-corrected chi connectivity index (χ2v) is 15.6. The van der Waals surface area contributed by atoms with E-state index in [0.717, 1.165) is 36.2 Å². The number of rotatable bonds is 7. The first-order valence-corrected chi connectivity index (χ1v) is 17.3. The average molecular weight is 707 g/mol. The number of nitrogens with one attached hydrogen (secondary N) is 1. The number of aromatic nitrogens is 1. The highest BCUT2D eigenvalue weighted by Crippen LogP contribution is 2.69. The number of amides is 3. The van der Waals surface area contributed by atoms with Crippen LogP contribution in [0, 0.1) is 35.5 Å². The third kappa shape index (κ3) is 4.66. The highest BCUT2D eigenvalue weighted by atomic mass is 79.9. The fraction of sp³-hybridized carbons (Fsp3) is 0.567. The fourth-order valence-electron chi connectivity index (χ4n) is 8.29. The van der Waals surface area contributed by atoms with E-state index in [1.165, 1.54) is 0 Å². The van der Waals surface area contributed by atoms with Gasteiger partial charge in [-0.1, -0.05) is 41.1 Å². The molecule has 234 valence electrons. The van der Waals surface area contributed by atoms with Gasteiger partial charge in [-0.25, -0.2) is 4.79 Å². The second-order valence-electron chi connectivity index (χ2n) is 12.5. The normalized spacial score (nSPS) is 31.2. The number of carbonyl (C=O) groups is 4. The number of aromatic amines is 1. The van der Waals surface area contributed by atoms with E-state index in [0.29, 0.717) is 38.5 Å². The summed E-state index contributed by atoms with van der Waals surface area (Å²) in [5.74, 6) is -3.92. The molecule has 1 aromatic heterocycles. The number of aliphatic carboxylic acids is 1. The molecule has 2 aromatic rings. The number of benzene rings is 1. The number of morpholine rings is 1. The first-order chi connectivity index (χ1) is 21.1. The molecular formula is C30H32BrN3O8S2. The number of nitrogens with zero attached hydrogens (tertiary/aromatic N) is 2. The van der Waals surface area contributed by atoms with Crippen molar-refractivity contribution in [3.05, 3.63) is 42.8 Å². The summed E-state index contributed by atoms with van der Waals surface area (Å²) in [6.45, 7) is 5.26. The topological polar surface area (TPSA) is 146 Å². The first kappa shape index (κ1) is 30.0. The van der Waals surface area contributed by atoms with Gasteiger partial charge in [0.25, 0.3) is 5.91 Å². The molecule has 2 saturated carbocycles. The Bertz CT molecular complexity index is 1600. The van der Waals surface area contributed by atoms with Crippen molar-refractivity contribution in [1.82, 2.24) is 14.8 Å². The Labute approximate surface area is 269 Å². The number of thioether (sulfide) groups is 1. The standard InChI is InChI=1S/C30H32BrN3O8S2/c1-12(2)23(29(38)39)34-27(36)21-15-10-16(22(21)28(34)37)24-20(15)19(25-26(43-24)32-30(40)44-25)14-9-13(31)3-4-17(14)42-11-18(35)33-5-7-41-8-6-33/h3-4,9,12,15-16,19-24H,5-8,10-11H2,1-2H3,(H,32,40)(H,38,39)/t15?,16?,19-,20?,21?,22?,23?,24?/m1/s1. The third-order valence-corrected chi connectivity index (χ3v) is 13.0. The van der Waals surface area contributed by atoms with Crippen LogP contribution in [0.15, 0.2) is 32.5 Å². The molecule has 5 aliphatic rings. The molecule has 1 aromatic carbocycles. The van der Waals surface area contributed by atoms with Crippen molar-refractivity contribution in [3.63, 3.8) is 0 Å². The van der Waals surface area contributed by atoms with Crippen LogP contribution >= 0.6 is 39.0 Å². The molecule has 2 bridgehead atoms. The van der Waals surface area contributed by atoms with E-state index in [1.54, 1.807) is 30.5 Å². The molecule has 44 heavy (non-hydrogen) atoms. The van der Waals surface area contributed by atoms with Crippen molar-refractivity contribution >= 4 is 62.7 Å². The van der Waals surface area contributed by atoms with Crippen LogP contribution in [0.2, 0.25) is 0 Å². The zero-order valence-corrected chi connectivity index (χ0v) is 27.3. The maximum atomic E-state index is 14.0. The molecular weight excluding hydrogens is 674 g/mol. The number of carboxylic acid groups (broad SMARTS) is 1. The Hall–Kier alpha value is -2.68. The van der Waals surface area contributed by atoms with E-state index in [2.05, 4.69) is 20.9 Å². The van der Waals surface area contributed by atoms with Gasteiger partial charge in [0.05, 0.1) is 30.1 Å². The molecule has 3 amide bonds. The molecule has 2 saturated heterocycles. The maximum absolute atomic E-state index is 14.0. The smallest absolute Gasteiger partial charge is 0.327 e. The lowest BCUT2D eigenvalue weighted by Crippen LogP contribution is -2.49. The zero-order chi connectivity index (χ0) is 31.0. The molecule has 14 heteroatoms. The van der Waals surface area contributed by atoms with E-state index in [-0.39, 0.29) is 52.2 Å². The predicted molar refractivity (Wildman–Crippen MR) is 164 cm³/mol. The summed E-state index contributed by atoms with van der Waals surface area (Å²) in [4.78, 5) is 72.0. The van der Waals surface area contributed by atoms with Gasteiger partial charge in [0, 0.05) is 39.2 Å². The van der Waals surface area contributed by atoms with Gasteiger partial charge in [-0.05, 0) is 48.3 Å². The van der Waals surface area contributed by atoms with Gasteiger partial charge in [0.2, 0.25) is 11.8 Å². The average Bonchev–Trinajstić information content (AvgIpc) is 3.72. The van der Waals surface area contributed by atoms with E-state index < -0.39 is 35.7 Å². The highest BCUT2D eigenvalue weighted by Gasteiger charge is 2.70. The fourth-order valence-corrected chi connectivity index (χ4v) is 11.6. The van der Waals surface area contributed by atoms with E-state index in [1.807, 2.05) is 18.2 Å². The summed E-state index contributed by atoms with van der Waals surface area (Å²) >= 11 is 6.30. The van der Waals surface area contributed by atoms with Crippen LogP contribution in [-0.2, 0) is 23.9 Å². The van der Waals surface area contributed by atoms with Crippen LogP contribution in [0.25, 0.3) is 0 Å². The quantitative estimate of drug-likeness (QED) is 0.415. The van der Waals surface area contributed by atoms with Crippen LogP contribution in [0.4, 0.5) is 0 Å². The van der Waals surface area contributed by atoms with Crippen molar-refractivity contribution in [2.45, 2.75) is 42.5 Å². The molecule has 2 N–H and O–H groups in total. The second kappa shape index (κ2) is 11.3. The van der Waals surface area contributed by atoms with Gasteiger partial charge in [-0.15, -0.1) is 11.8 Å². The van der Waals surface area contributed by atoms with E-state index in [4.69, 9.17) is 9.47 Å². The third-order valence-electron chi connectivity index (χ3n) is 9.94. The number of carboxylic acids is 1. The number of H-pyrrole nitrogens is 1. The number of ether oxygens (including phenoxy) is 2. The molecule has 7 rings (SSSR count). The molecule has 0 radical (unpaired) electrons. The molecule has 7 unspecified atom stereocenters. The monoisotopic (exact) mass is 705 g/mol. The lowest BCUT2D eigenvalue weighted by molar-refractivity contribution is -0.157. The van der Waals surface area contributed by atoms with Crippen LogP contribution in [0.1, 0.15) is 36.6 Å². The Morgan fingerprint density at radius 3 is 2.52 bits per heavy atom. The molecule has 11 nitrogen and oxygen atoms in total. The number of fused-ring (bicyclic) bond motifs is 9. The summed E-state index contributed by atoms with van der Waals surface area (Å²) in [5.41, 5.74) is 0.810. The first-order valence-electron chi connectivity index (χ1n) is 14.8. The summed E-state index contributed by atoms with van der Waals surface area (Å²) in [6, 6.07) is 4.41. The van der Waals surface area contributed by atoms with Crippen LogP contribution in [0.3, 0.4) is 0 Å². The lowest BCUT2D eigenvalue weighted by Gasteiger charge is -2.43. The Kier molecular flexibility index (Phi) is 7.69. The molecule has 0 spiro atoms. The van der Waals surface area contributed by atoms with Gasteiger partial charge in [0.1, 0.15) is 11.8 Å². The minimum absolute atomic E-state index is 0.0650. The lowest BCUT2D eigenvalue weighted by atomic mass is 9.68. The zero-order valence-electron chi connectivity index (χ0n) is 24.1. The van der Waals surface area contributed by atoms with Gasteiger partial charge in [-0.2, -0.15) is 0 Å². The summed E-state index contributed by atoms with van der Waals surface area (Å²) in [7, 11) is 0. The van der Waals surface area contributed by atoms with Crippen LogP contribution < -0.4 is 9.61 Å². The number of hydrogen-bond acceptors (Lipinski definition) is 9. The minimum atomic E-state index is -1.21. The maximum Gasteiger partial charge on any atom is 0.327 e. The Morgan fingerprint density at radius 2 is 1.84 bits per heavy atom. The number of imide groups is 1. The van der Waals surface area contributed by atoms with E-state index >= 15 is 0 Å². The van der Waals surface area contributed by atoms with Crippen molar-refractivity contribution in [2.75, 3.05) is 32.9 Å².